The minimum absolute atomic E-state index is 0.140. The normalized spacial score (nSPS) is 7.82. The van der Waals surface area contributed by atoms with Gasteiger partial charge < -0.3 is 5.11 Å². The minimum Gasteiger partial charge on any atom is -0.392 e. The highest BCUT2D eigenvalue weighted by molar-refractivity contribution is 5.12. The Balaban J connectivity index is 0.000000292. The largest absolute Gasteiger partial charge is 0.392 e. The number of aliphatic hydroxyl groups is 1. The van der Waals surface area contributed by atoms with Crippen LogP contribution in [0, 0.1) is 0 Å². The zero-order valence-electron chi connectivity index (χ0n) is 6.83. The van der Waals surface area contributed by atoms with E-state index < -0.39 is 0 Å². The van der Waals surface area contributed by atoms with Crippen molar-refractivity contribution in [3.05, 3.63) is 48.6 Å². The fraction of sp³-hybridized carbons (Fsp3) is 0.200. The van der Waals surface area contributed by atoms with Crippen molar-refractivity contribution < 1.29 is 5.11 Å². The van der Waals surface area contributed by atoms with E-state index in [9.17, 15) is 0 Å². The molecule has 0 saturated carbocycles. The van der Waals surface area contributed by atoms with Gasteiger partial charge in [0.25, 0.3) is 0 Å². The van der Waals surface area contributed by atoms with Crippen LogP contribution < -0.4 is 0 Å². The zero-order chi connectivity index (χ0) is 8.53. The van der Waals surface area contributed by atoms with Gasteiger partial charge in [-0.25, -0.2) is 0 Å². The molecule has 1 aromatic rings. The molecule has 11 heavy (non-hydrogen) atoms. The SMILES string of the molecule is C=CC.OCc1ccccc1. The fourth-order valence-electron chi connectivity index (χ4n) is 0.583. The van der Waals surface area contributed by atoms with Crippen molar-refractivity contribution in [2.45, 2.75) is 13.5 Å². The zero-order valence-corrected chi connectivity index (χ0v) is 6.83. The first kappa shape index (κ1) is 9.92. The molecule has 1 nitrogen and oxygen atoms in total. The first-order valence-electron chi connectivity index (χ1n) is 3.57. The lowest BCUT2D eigenvalue weighted by Gasteiger charge is -1.89. The number of benzene rings is 1. The first-order valence-corrected chi connectivity index (χ1v) is 3.57. The van der Waals surface area contributed by atoms with Gasteiger partial charge in [-0.1, -0.05) is 36.4 Å². The van der Waals surface area contributed by atoms with Gasteiger partial charge in [-0.15, -0.1) is 6.58 Å². The van der Waals surface area contributed by atoms with E-state index >= 15 is 0 Å². The molecular weight excluding hydrogens is 136 g/mol. The molecule has 0 unspecified atom stereocenters. The van der Waals surface area contributed by atoms with Crippen LogP contribution >= 0.6 is 0 Å². The van der Waals surface area contributed by atoms with Crippen LogP contribution in [0.15, 0.2) is 43.0 Å². The van der Waals surface area contributed by atoms with Crippen LogP contribution in [-0.4, -0.2) is 5.11 Å². The number of aliphatic hydroxyl groups excluding tert-OH is 1. The predicted octanol–water partition coefficient (Wildman–Crippen LogP) is 2.37. The van der Waals surface area contributed by atoms with E-state index in [-0.39, 0.29) is 6.61 Å². The molecule has 1 N–H and O–H groups in total. The van der Waals surface area contributed by atoms with E-state index in [4.69, 9.17) is 5.11 Å². The highest BCUT2D eigenvalue weighted by Crippen LogP contribution is 1.95. The van der Waals surface area contributed by atoms with Gasteiger partial charge in [0, 0.05) is 0 Å². The highest BCUT2D eigenvalue weighted by Gasteiger charge is 1.81. The summed E-state index contributed by atoms with van der Waals surface area (Å²) in [5.41, 5.74) is 0.965. The summed E-state index contributed by atoms with van der Waals surface area (Å²) in [6.45, 7) is 5.39. The molecule has 0 heterocycles. The third-order valence-corrected chi connectivity index (χ3v) is 1.03. The van der Waals surface area contributed by atoms with E-state index in [0.29, 0.717) is 0 Å². The second-order valence-electron chi connectivity index (χ2n) is 2.05. The summed E-state index contributed by atoms with van der Waals surface area (Å²) in [5, 5.41) is 8.54. The lowest BCUT2D eigenvalue weighted by atomic mass is 10.2. The molecule has 0 bridgehead atoms. The molecule has 0 aliphatic carbocycles. The Morgan fingerprint density at radius 2 is 1.82 bits per heavy atom. The van der Waals surface area contributed by atoms with Gasteiger partial charge in [0.2, 0.25) is 0 Å². The van der Waals surface area contributed by atoms with Crippen molar-refractivity contribution >= 4 is 0 Å². The third-order valence-electron chi connectivity index (χ3n) is 1.03. The van der Waals surface area contributed by atoms with Crippen LogP contribution in [0.1, 0.15) is 12.5 Å². The van der Waals surface area contributed by atoms with E-state index in [0.717, 1.165) is 5.56 Å². The quantitative estimate of drug-likeness (QED) is 0.609. The van der Waals surface area contributed by atoms with Gasteiger partial charge in [0.1, 0.15) is 0 Å². The van der Waals surface area contributed by atoms with Gasteiger partial charge in [-0.2, -0.15) is 0 Å². The van der Waals surface area contributed by atoms with Crippen molar-refractivity contribution in [2.75, 3.05) is 0 Å². The number of rotatable bonds is 1. The van der Waals surface area contributed by atoms with Crippen LogP contribution in [0.25, 0.3) is 0 Å². The summed E-state index contributed by atoms with van der Waals surface area (Å²) in [7, 11) is 0. The van der Waals surface area contributed by atoms with E-state index in [1.807, 2.05) is 37.3 Å². The Hall–Kier alpha value is -1.08. The van der Waals surface area contributed by atoms with Crippen LogP contribution in [0.5, 0.6) is 0 Å². The summed E-state index contributed by atoms with van der Waals surface area (Å²) < 4.78 is 0. The fourth-order valence-corrected chi connectivity index (χ4v) is 0.583. The van der Waals surface area contributed by atoms with Crippen molar-refractivity contribution in [3.63, 3.8) is 0 Å². The second-order valence-corrected chi connectivity index (χ2v) is 2.05. The Morgan fingerprint density at radius 1 is 1.36 bits per heavy atom. The molecule has 1 rings (SSSR count). The molecule has 0 aliphatic heterocycles. The molecule has 1 aromatic carbocycles. The smallest absolute Gasteiger partial charge is 0.0681 e. The highest BCUT2D eigenvalue weighted by atomic mass is 16.3. The Bertz CT molecular complexity index is 179. The number of hydrogen-bond donors (Lipinski definition) is 1. The van der Waals surface area contributed by atoms with Gasteiger partial charge in [0.15, 0.2) is 0 Å². The number of allylic oxidation sites excluding steroid dienone is 1. The van der Waals surface area contributed by atoms with Crippen molar-refractivity contribution in [1.82, 2.24) is 0 Å². The summed E-state index contributed by atoms with van der Waals surface area (Å²) >= 11 is 0. The van der Waals surface area contributed by atoms with E-state index in [1.165, 1.54) is 0 Å². The third kappa shape index (κ3) is 5.37. The summed E-state index contributed by atoms with van der Waals surface area (Å²) in [6, 6.07) is 9.52. The molecule has 0 saturated heterocycles. The standard InChI is InChI=1S/C7H8O.C3H6/c8-6-7-4-2-1-3-5-7;1-3-2/h1-5,8H,6H2;3H,1H2,2H3. The van der Waals surface area contributed by atoms with E-state index in [1.54, 1.807) is 6.08 Å². The minimum atomic E-state index is 0.140. The molecule has 0 spiro atoms. The molecule has 0 fully saturated rings. The van der Waals surface area contributed by atoms with Crippen LogP contribution in [0.4, 0.5) is 0 Å². The lowest BCUT2D eigenvalue weighted by molar-refractivity contribution is 0.282. The average Bonchev–Trinajstić information content (AvgIpc) is 2.08. The maximum Gasteiger partial charge on any atom is 0.0681 e. The van der Waals surface area contributed by atoms with Gasteiger partial charge in [0.05, 0.1) is 6.61 Å². The molecule has 0 amide bonds. The molecule has 60 valence electrons. The molecule has 1 heteroatoms. The lowest BCUT2D eigenvalue weighted by Crippen LogP contribution is -1.77. The van der Waals surface area contributed by atoms with Crippen LogP contribution in [0.3, 0.4) is 0 Å². The van der Waals surface area contributed by atoms with Gasteiger partial charge in [-0.3, -0.25) is 0 Å². The molecule has 0 aromatic heterocycles. The summed E-state index contributed by atoms with van der Waals surface area (Å²) in [4.78, 5) is 0. The Labute approximate surface area is 68.0 Å². The summed E-state index contributed by atoms with van der Waals surface area (Å²) in [6.07, 6.45) is 1.75. The maximum atomic E-state index is 8.54. The molecule has 0 radical (unpaired) electrons. The average molecular weight is 150 g/mol. The van der Waals surface area contributed by atoms with E-state index in [2.05, 4.69) is 6.58 Å². The maximum absolute atomic E-state index is 8.54. The number of hydrogen-bond acceptors (Lipinski definition) is 1. The monoisotopic (exact) mass is 150 g/mol. The summed E-state index contributed by atoms with van der Waals surface area (Å²) in [5.74, 6) is 0. The molecule has 0 aliphatic rings. The van der Waals surface area contributed by atoms with Crippen LogP contribution in [-0.2, 0) is 6.61 Å². The Kier molecular flexibility index (Phi) is 6.34. The van der Waals surface area contributed by atoms with Crippen molar-refractivity contribution in [1.29, 1.82) is 0 Å². The van der Waals surface area contributed by atoms with Crippen molar-refractivity contribution in [3.8, 4) is 0 Å². The first-order chi connectivity index (χ1) is 5.35. The Morgan fingerprint density at radius 3 is 2.09 bits per heavy atom. The second kappa shape index (κ2) is 7.03. The van der Waals surface area contributed by atoms with Gasteiger partial charge in [-0.05, 0) is 12.5 Å². The van der Waals surface area contributed by atoms with Crippen molar-refractivity contribution in [2.24, 2.45) is 0 Å². The van der Waals surface area contributed by atoms with Crippen LogP contribution in [0.2, 0.25) is 0 Å². The molecular formula is C10H14O. The topological polar surface area (TPSA) is 20.2 Å². The predicted molar refractivity (Wildman–Crippen MR) is 48.2 cm³/mol. The molecule has 0 atom stereocenters. The van der Waals surface area contributed by atoms with Gasteiger partial charge >= 0.3 is 0 Å².